The molecule has 2 aromatic rings. The van der Waals surface area contributed by atoms with E-state index in [4.69, 9.17) is 0 Å². The number of allylic oxidation sites excluding steroid dienone is 2. The number of H-pyrrole nitrogens is 1. The molecule has 1 aromatic heterocycles. The number of benzene rings is 1. The molecule has 0 amide bonds. The first-order valence-corrected chi connectivity index (χ1v) is 7.05. The van der Waals surface area contributed by atoms with Gasteiger partial charge in [-0.1, -0.05) is 40.2 Å². The summed E-state index contributed by atoms with van der Waals surface area (Å²) in [7, 11) is 0. The molecule has 20 heavy (non-hydrogen) atoms. The smallest absolute Gasteiger partial charge is 0.278 e. The van der Waals surface area contributed by atoms with Crippen LogP contribution in [0.4, 0.5) is 0 Å². The normalized spacial score (nSPS) is 11.2. The maximum absolute atomic E-state index is 12.5. The summed E-state index contributed by atoms with van der Waals surface area (Å²) in [5.41, 5.74) is 0.980. The van der Waals surface area contributed by atoms with E-state index in [1.807, 2.05) is 25.1 Å². The van der Waals surface area contributed by atoms with Crippen molar-refractivity contribution in [2.45, 2.75) is 20.4 Å². The fourth-order valence-electron chi connectivity index (χ4n) is 1.99. The number of aryl methyl sites for hydroxylation is 1. The van der Waals surface area contributed by atoms with Gasteiger partial charge in [-0.25, -0.2) is 4.68 Å². The first kappa shape index (κ1) is 14.5. The summed E-state index contributed by atoms with van der Waals surface area (Å²) >= 11 is 3.34. The number of hydrogen-bond acceptors (Lipinski definition) is 2. The zero-order chi connectivity index (χ0) is 14.7. The molecular weight excluding hydrogens is 320 g/mol. The van der Waals surface area contributed by atoms with E-state index in [9.17, 15) is 9.59 Å². The third-order valence-corrected chi connectivity index (χ3v) is 3.70. The van der Waals surface area contributed by atoms with Gasteiger partial charge >= 0.3 is 0 Å². The van der Waals surface area contributed by atoms with Crippen molar-refractivity contribution in [1.29, 1.82) is 0 Å². The highest BCUT2D eigenvalue weighted by molar-refractivity contribution is 9.10. The van der Waals surface area contributed by atoms with Crippen LogP contribution in [-0.4, -0.2) is 15.6 Å². The van der Waals surface area contributed by atoms with Crippen LogP contribution >= 0.6 is 15.9 Å². The minimum atomic E-state index is -0.290. The van der Waals surface area contributed by atoms with Crippen molar-refractivity contribution in [2.24, 2.45) is 0 Å². The highest BCUT2D eigenvalue weighted by Gasteiger charge is 2.21. The predicted molar refractivity (Wildman–Crippen MR) is 82.2 cm³/mol. The molecule has 5 heteroatoms. The van der Waals surface area contributed by atoms with Crippen LogP contribution in [0.1, 0.15) is 28.5 Å². The molecule has 0 aliphatic heterocycles. The molecule has 0 aliphatic rings. The van der Waals surface area contributed by atoms with Gasteiger partial charge in [0.25, 0.3) is 5.56 Å². The van der Waals surface area contributed by atoms with Crippen molar-refractivity contribution >= 4 is 21.7 Å². The molecule has 1 N–H and O–H groups in total. The van der Waals surface area contributed by atoms with Crippen LogP contribution < -0.4 is 5.56 Å². The van der Waals surface area contributed by atoms with Crippen molar-refractivity contribution < 1.29 is 4.79 Å². The van der Waals surface area contributed by atoms with E-state index in [2.05, 4.69) is 21.0 Å². The average molecular weight is 335 g/mol. The number of halogens is 1. The molecule has 0 unspecified atom stereocenters. The number of carbonyl (C=O) groups is 1. The van der Waals surface area contributed by atoms with E-state index >= 15 is 0 Å². The molecule has 1 heterocycles. The van der Waals surface area contributed by atoms with Crippen molar-refractivity contribution in [3.05, 3.63) is 68.1 Å². The first-order valence-electron chi connectivity index (χ1n) is 6.26. The molecule has 104 valence electrons. The van der Waals surface area contributed by atoms with E-state index in [1.54, 1.807) is 25.1 Å². The Bertz CT molecular complexity index is 726. The SMILES string of the molecule is CC=CCn1[nH]c(C)c(C(=O)c2ccccc2Br)c1=O. The maximum atomic E-state index is 12.5. The lowest BCUT2D eigenvalue weighted by Gasteiger charge is -2.01. The van der Waals surface area contributed by atoms with Gasteiger partial charge in [-0.15, -0.1) is 0 Å². The Morgan fingerprint density at radius 2 is 2.10 bits per heavy atom. The molecular formula is C15H15BrN2O2. The Balaban J connectivity index is 2.48. The summed E-state index contributed by atoms with van der Waals surface area (Å²) in [5, 5.41) is 2.93. The number of carbonyl (C=O) groups excluding carboxylic acids is 1. The number of aromatic amines is 1. The molecule has 4 nitrogen and oxygen atoms in total. The Morgan fingerprint density at radius 1 is 1.40 bits per heavy atom. The van der Waals surface area contributed by atoms with Crippen LogP contribution in [0.15, 0.2) is 45.7 Å². The summed E-state index contributed by atoms with van der Waals surface area (Å²) in [6.07, 6.45) is 3.71. The second-order valence-electron chi connectivity index (χ2n) is 4.41. The third kappa shape index (κ3) is 2.67. The Hall–Kier alpha value is -1.88. The number of nitrogens with zero attached hydrogens (tertiary/aromatic N) is 1. The first-order chi connectivity index (χ1) is 9.56. The van der Waals surface area contributed by atoms with Gasteiger partial charge in [0.15, 0.2) is 0 Å². The lowest BCUT2D eigenvalue weighted by molar-refractivity contribution is 0.103. The lowest BCUT2D eigenvalue weighted by atomic mass is 10.0. The topological polar surface area (TPSA) is 54.9 Å². The monoisotopic (exact) mass is 334 g/mol. The summed E-state index contributed by atoms with van der Waals surface area (Å²) < 4.78 is 2.12. The fraction of sp³-hybridized carbons (Fsp3) is 0.200. The standard InChI is InChI=1S/C15H15BrN2O2/c1-3-4-9-18-15(20)13(10(2)17-18)14(19)11-7-5-6-8-12(11)16/h3-8,17H,9H2,1-2H3. The van der Waals surface area contributed by atoms with E-state index in [0.29, 0.717) is 22.3 Å². The molecule has 0 saturated heterocycles. The summed E-state index contributed by atoms with van der Waals surface area (Å²) in [4.78, 5) is 24.8. The number of nitrogens with one attached hydrogen (secondary N) is 1. The quantitative estimate of drug-likeness (QED) is 0.690. The van der Waals surface area contributed by atoms with Gasteiger partial charge in [-0.3, -0.25) is 14.7 Å². The summed E-state index contributed by atoms with van der Waals surface area (Å²) in [5.74, 6) is -0.268. The largest absolute Gasteiger partial charge is 0.299 e. The molecule has 2 rings (SSSR count). The molecule has 1 aromatic carbocycles. The summed E-state index contributed by atoms with van der Waals surface area (Å²) in [6.45, 7) is 4.05. The Morgan fingerprint density at radius 3 is 2.75 bits per heavy atom. The van der Waals surface area contributed by atoms with Crippen molar-refractivity contribution in [3.8, 4) is 0 Å². The lowest BCUT2D eigenvalue weighted by Crippen LogP contribution is -2.21. The van der Waals surface area contributed by atoms with Gasteiger partial charge in [0.2, 0.25) is 5.78 Å². The Labute approximate surface area is 125 Å². The van der Waals surface area contributed by atoms with Gasteiger partial charge in [-0.05, 0) is 26.0 Å². The van der Waals surface area contributed by atoms with Crippen LogP contribution in [0.2, 0.25) is 0 Å². The highest BCUT2D eigenvalue weighted by atomic mass is 79.9. The number of aromatic nitrogens is 2. The van der Waals surface area contributed by atoms with Gasteiger partial charge in [-0.2, -0.15) is 0 Å². The zero-order valence-corrected chi connectivity index (χ0v) is 12.9. The second kappa shape index (κ2) is 6.05. The van der Waals surface area contributed by atoms with Crippen molar-refractivity contribution in [2.75, 3.05) is 0 Å². The van der Waals surface area contributed by atoms with Crippen LogP contribution in [0.25, 0.3) is 0 Å². The van der Waals surface area contributed by atoms with E-state index < -0.39 is 0 Å². The van der Waals surface area contributed by atoms with Gasteiger partial charge in [0, 0.05) is 15.7 Å². The third-order valence-electron chi connectivity index (χ3n) is 3.01. The highest BCUT2D eigenvalue weighted by Crippen LogP contribution is 2.19. The molecule has 0 fully saturated rings. The number of rotatable bonds is 4. The number of ketones is 1. The zero-order valence-electron chi connectivity index (χ0n) is 11.3. The van der Waals surface area contributed by atoms with E-state index in [0.717, 1.165) is 0 Å². The van der Waals surface area contributed by atoms with Crippen LogP contribution in [0.3, 0.4) is 0 Å². The minimum absolute atomic E-state index is 0.196. The van der Waals surface area contributed by atoms with Crippen LogP contribution in [0, 0.1) is 6.92 Å². The molecule has 0 bridgehead atoms. The van der Waals surface area contributed by atoms with E-state index in [-0.39, 0.29) is 16.9 Å². The van der Waals surface area contributed by atoms with E-state index in [1.165, 1.54) is 4.68 Å². The minimum Gasteiger partial charge on any atom is -0.299 e. The second-order valence-corrected chi connectivity index (χ2v) is 5.26. The molecule has 0 spiro atoms. The molecule has 0 aliphatic carbocycles. The van der Waals surface area contributed by atoms with Crippen molar-refractivity contribution in [3.63, 3.8) is 0 Å². The predicted octanol–water partition coefficient (Wildman–Crippen LogP) is 3.05. The maximum Gasteiger partial charge on any atom is 0.278 e. The Kier molecular flexibility index (Phi) is 4.39. The number of hydrogen-bond donors (Lipinski definition) is 1. The fourth-order valence-corrected chi connectivity index (χ4v) is 2.46. The molecule has 0 atom stereocenters. The average Bonchev–Trinajstić information content (AvgIpc) is 2.71. The molecule has 0 radical (unpaired) electrons. The van der Waals surface area contributed by atoms with Gasteiger partial charge < -0.3 is 0 Å². The van der Waals surface area contributed by atoms with Crippen molar-refractivity contribution in [1.82, 2.24) is 9.78 Å². The van der Waals surface area contributed by atoms with Crippen LogP contribution in [0.5, 0.6) is 0 Å². The van der Waals surface area contributed by atoms with Gasteiger partial charge in [0.05, 0.1) is 6.54 Å². The summed E-state index contributed by atoms with van der Waals surface area (Å²) in [6, 6.07) is 7.09. The van der Waals surface area contributed by atoms with Crippen LogP contribution in [-0.2, 0) is 6.54 Å². The van der Waals surface area contributed by atoms with Gasteiger partial charge in [0.1, 0.15) is 5.56 Å². The molecule has 0 saturated carbocycles.